The van der Waals surface area contributed by atoms with Crippen molar-refractivity contribution in [3.8, 4) is 17.2 Å². The highest BCUT2D eigenvalue weighted by molar-refractivity contribution is 5.36. The lowest BCUT2D eigenvalue weighted by atomic mass is 9.91. The van der Waals surface area contributed by atoms with Crippen LogP contribution in [-0.4, -0.2) is 19.5 Å². The van der Waals surface area contributed by atoms with Gasteiger partial charge in [-0.15, -0.1) is 13.2 Å². The Bertz CT molecular complexity index is 663. The molecule has 1 aliphatic rings. The Balaban J connectivity index is 1.55. The minimum atomic E-state index is -4.69. The van der Waals surface area contributed by atoms with Crippen LogP contribution in [0.15, 0.2) is 48.5 Å². The summed E-state index contributed by atoms with van der Waals surface area (Å²) in [6.45, 7) is 2.17. The predicted molar refractivity (Wildman–Crippen MR) is 88.9 cm³/mol. The maximum absolute atomic E-state index is 12.1. The van der Waals surface area contributed by atoms with E-state index in [2.05, 4.69) is 10.1 Å². The molecule has 6 heteroatoms. The van der Waals surface area contributed by atoms with Crippen molar-refractivity contribution >= 4 is 0 Å². The second-order valence-corrected chi connectivity index (χ2v) is 6.16. The van der Waals surface area contributed by atoms with Gasteiger partial charge in [0.2, 0.25) is 0 Å². The lowest BCUT2D eigenvalue weighted by Crippen LogP contribution is -2.28. The third kappa shape index (κ3) is 5.67. The Morgan fingerprint density at radius 2 is 1.36 bits per heavy atom. The standard InChI is InChI=1S/C19H20F3NO2/c20-19(21,22)25-18-7-5-17(6-8-18)24-16-3-1-14(2-4-16)13-15-9-11-23-12-10-15/h1-8,15,23H,9-13H2. The second-order valence-electron chi connectivity index (χ2n) is 6.16. The molecule has 3 rings (SSSR count). The van der Waals surface area contributed by atoms with Gasteiger partial charge in [0, 0.05) is 0 Å². The molecular weight excluding hydrogens is 331 g/mol. The molecule has 0 bridgehead atoms. The zero-order valence-electron chi connectivity index (χ0n) is 13.7. The number of hydrogen-bond acceptors (Lipinski definition) is 3. The van der Waals surface area contributed by atoms with Crippen LogP contribution in [0.2, 0.25) is 0 Å². The fraction of sp³-hybridized carbons (Fsp3) is 0.368. The SMILES string of the molecule is FC(F)(F)Oc1ccc(Oc2ccc(CC3CCNCC3)cc2)cc1. The van der Waals surface area contributed by atoms with E-state index in [0.717, 1.165) is 19.5 Å². The number of piperidine rings is 1. The molecule has 0 atom stereocenters. The van der Waals surface area contributed by atoms with E-state index < -0.39 is 6.36 Å². The molecule has 0 saturated carbocycles. The molecule has 134 valence electrons. The van der Waals surface area contributed by atoms with E-state index in [1.165, 1.54) is 42.7 Å². The summed E-state index contributed by atoms with van der Waals surface area (Å²) in [5.74, 6) is 1.56. The van der Waals surface area contributed by atoms with Crippen LogP contribution in [0.4, 0.5) is 13.2 Å². The minimum absolute atomic E-state index is 0.267. The highest BCUT2D eigenvalue weighted by Gasteiger charge is 2.30. The summed E-state index contributed by atoms with van der Waals surface area (Å²) in [4.78, 5) is 0. The summed E-state index contributed by atoms with van der Waals surface area (Å²) in [5, 5.41) is 3.36. The molecule has 2 aromatic carbocycles. The van der Waals surface area contributed by atoms with Crippen molar-refractivity contribution in [1.82, 2.24) is 5.32 Å². The Morgan fingerprint density at radius 3 is 1.92 bits per heavy atom. The molecule has 3 nitrogen and oxygen atoms in total. The van der Waals surface area contributed by atoms with Gasteiger partial charge in [0.1, 0.15) is 17.2 Å². The topological polar surface area (TPSA) is 30.5 Å². The number of nitrogens with one attached hydrogen (secondary N) is 1. The number of hydrogen-bond donors (Lipinski definition) is 1. The van der Waals surface area contributed by atoms with E-state index in [4.69, 9.17) is 4.74 Å². The highest BCUT2D eigenvalue weighted by Crippen LogP contribution is 2.28. The largest absolute Gasteiger partial charge is 0.573 e. The van der Waals surface area contributed by atoms with E-state index >= 15 is 0 Å². The van der Waals surface area contributed by atoms with Gasteiger partial charge in [-0.3, -0.25) is 0 Å². The van der Waals surface area contributed by atoms with Crippen molar-refractivity contribution in [3.63, 3.8) is 0 Å². The van der Waals surface area contributed by atoms with Crippen molar-refractivity contribution in [3.05, 3.63) is 54.1 Å². The summed E-state index contributed by atoms with van der Waals surface area (Å²) in [5.41, 5.74) is 1.27. The van der Waals surface area contributed by atoms with E-state index in [1.54, 1.807) is 0 Å². The molecule has 0 spiro atoms. The first-order valence-corrected chi connectivity index (χ1v) is 8.31. The zero-order valence-corrected chi connectivity index (χ0v) is 13.7. The smallest absolute Gasteiger partial charge is 0.457 e. The van der Waals surface area contributed by atoms with Crippen LogP contribution < -0.4 is 14.8 Å². The fourth-order valence-corrected chi connectivity index (χ4v) is 2.96. The quantitative estimate of drug-likeness (QED) is 0.829. The molecular formula is C19H20F3NO2. The maximum Gasteiger partial charge on any atom is 0.573 e. The number of benzene rings is 2. The van der Waals surface area contributed by atoms with Gasteiger partial charge in [-0.25, -0.2) is 0 Å². The minimum Gasteiger partial charge on any atom is -0.457 e. The zero-order chi connectivity index (χ0) is 17.7. The van der Waals surface area contributed by atoms with Crippen LogP contribution in [-0.2, 0) is 6.42 Å². The number of rotatable bonds is 5. The summed E-state index contributed by atoms with van der Waals surface area (Å²) < 4.78 is 45.9. The summed E-state index contributed by atoms with van der Waals surface area (Å²) in [7, 11) is 0. The molecule has 0 aliphatic carbocycles. The summed E-state index contributed by atoms with van der Waals surface area (Å²) in [6, 6.07) is 13.2. The molecule has 0 unspecified atom stereocenters. The maximum atomic E-state index is 12.1. The predicted octanol–water partition coefficient (Wildman–Crippen LogP) is 4.92. The van der Waals surface area contributed by atoms with Crippen LogP contribution in [0.3, 0.4) is 0 Å². The van der Waals surface area contributed by atoms with Crippen molar-refractivity contribution in [2.45, 2.75) is 25.6 Å². The van der Waals surface area contributed by atoms with Crippen molar-refractivity contribution in [1.29, 1.82) is 0 Å². The molecule has 1 fully saturated rings. The first-order chi connectivity index (χ1) is 12.0. The van der Waals surface area contributed by atoms with Gasteiger partial charge in [-0.2, -0.15) is 0 Å². The van der Waals surface area contributed by atoms with Gasteiger partial charge < -0.3 is 14.8 Å². The molecule has 25 heavy (non-hydrogen) atoms. The monoisotopic (exact) mass is 351 g/mol. The highest BCUT2D eigenvalue weighted by atomic mass is 19.4. The third-order valence-corrected chi connectivity index (χ3v) is 4.20. The molecule has 1 saturated heterocycles. The third-order valence-electron chi connectivity index (χ3n) is 4.20. The average molecular weight is 351 g/mol. The number of ether oxygens (including phenoxy) is 2. The molecule has 1 aliphatic heterocycles. The molecule has 0 amide bonds. The van der Waals surface area contributed by atoms with Crippen molar-refractivity contribution in [2.75, 3.05) is 13.1 Å². The van der Waals surface area contributed by atoms with E-state index in [1.807, 2.05) is 24.3 Å². The Labute approximate surface area is 144 Å². The van der Waals surface area contributed by atoms with E-state index in [-0.39, 0.29) is 5.75 Å². The van der Waals surface area contributed by atoms with Crippen LogP contribution in [0.5, 0.6) is 17.2 Å². The van der Waals surface area contributed by atoms with E-state index in [9.17, 15) is 13.2 Å². The lowest BCUT2D eigenvalue weighted by molar-refractivity contribution is -0.274. The lowest BCUT2D eigenvalue weighted by Gasteiger charge is -2.22. The molecule has 2 aromatic rings. The van der Waals surface area contributed by atoms with Gasteiger partial charge >= 0.3 is 6.36 Å². The average Bonchev–Trinajstić information content (AvgIpc) is 2.58. The summed E-state index contributed by atoms with van der Waals surface area (Å²) >= 11 is 0. The first-order valence-electron chi connectivity index (χ1n) is 8.31. The van der Waals surface area contributed by atoms with Gasteiger partial charge in [-0.1, -0.05) is 12.1 Å². The summed E-state index contributed by atoms with van der Waals surface area (Å²) in [6.07, 6.45) is -1.23. The normalized spacial score (nSPS) is 15.8. The van der Waals surface area contributed by atoms with Gasteiger partial charge in [0.05, 0.1) is 0 Å². The van der Waals surface area contributed by atoms with Crippen molar-refractivity contribution < 1.29 is 22.6 Å². The molecule has 0 radical (unpaired) electrons. The van der Waals surface area contributed by atoms with Crippen LogP contribution >= 0.6 is 0 Å². The fourth-order valence-electron chi connectivity index (χ4n) is 2.96. The molecule has 1 N–H and O–H groups in total. The Morgan fingerprint density at radius 1 is 0.840 bits per heavy atom. The number of alkyl halides is 3. The Hall–Kier alpha value is -2.21. The van der Waals surface area contributed by atoms with Gasteiger partial charge in [0.25, 0.3) is 0 Å². The second kappa shape index (κ2) is 7.78. The number of halogens is 3. The van der Waals surface area contributed by atoms with Crippen LogP contribution in [0, 0.1) is 5.92 Å². The first kappa shape index (κ1) is 17.6. The molecule has 0 aromatic heterocycles. The van der Waals surface area contributed by atoms with Gasteiger partial charge in [-0.05, 0) is 80.2 Å². The van der Waals surface area contributed by atoms with Crippen LogP contribution in [0.25, 0.3) is 0 Å². The molecule has 1 heterocycles. The van der Waals surface area contributed by atoms with Gasteiger partial charge in [0.15, 0.2) is 0 Å². The van der Waals surface area contributed by atoms with E-state index in [0.29, 0.717) is 17.4 Å². The van der Waals surface area contributed by atoms with Crippen molar-refractivity contribution in [2.24, 2.45) is 5.92 Å². The Kier molecular flexibility index (Phi) is 5.48. The van der Waals surface area contributed by atoms with Crippen LogP contribution in [0.1, 0.15) is 18.4 Å².